The SMILES string of the molecule is CCOCCOc1ccccc1C(=O)NCCCc1nnc(SC)n1CC(C)C. The van der Waals surface area contributed by atoms with Gasteiger partial charge in [0, 0.05) is 26.1 Å². The molecule has 0 unspecified atom stereocenters. The molecule has 0 aliphatic rings. The Hall–Kier alpha value is -2.06. The van der Waals surface area contributed by atoms with Crippen molar-refractivity contribution in [3.8, 4) is 5.75 Å². The number of para-hydroxylation sites is 1. The fraction of sp³-hybridized carbons (Fsp3) is 0.571. The van der Waals surface area contributed by atoms with E-state index in [9.17, 15) is 4.79 Å². The van der Waals surface area contributed by atoms with E-state index >= 15 is 0 Å². The van der Waals surface area contributed by atoms with E-state index in [1.54, 1.807) is 23.9 Å². The number of rotatable bonds is 13. The van der Waals surface area contributed by atoms with Crippen molar-refractivity contribution >= 4 is 17.7 Å². The van der Waals surface area contributed by atoms with E-state index in [1.807, 2.05) is 25.3 Å². The number of carbonyl (C=O) groups excluding carboxylic acids is 1. The molecule has 0 bridgehead atoms. The van der Waals surface area contributed by atoms with E-state index in [1.165, 1.54) is 0 Å². The van der Waals surface area contributed by atoms with E-state index < -0.39 is 0 Å². The summed E-state index contributed by atoms with van der Waals surface area (Å²) in [6, 6.07) is 7.27. The van der Waals surface area contributed by atoms with Crippen LogP contribution in [0.5, 0.6) is 5.75 Å². The van der Waals surface area contributed by atoms with E-state index in [2.05, 4.69) is 33.9 Å². The third-order valence-electron chi connectivity index (χ3n) is 4.21. The van der Waals surface area contributed by atoms with Crippen LogP contribution in [0.3, 0.4) is 0 Å². The number of aromatic nitrogens is 3. The molecule has 29 heavy (non-hydrogen) atoms. The molecule has 1 heterocycles. The quantitative estimate of drug-likeness (QED) is 0.395. The first-order valence-electron chi connectivity index (χ1n) is 10.1. The van der Waals surface area contributed by atoms with Crippen LogP contribution in [-0.2, 0) is 17.7 Å². The second kappa shape index (κ2) is 12.5. The Labute approximate surface area is 177 Å². The van der Waals surface area contributed by atoms with Crippen LogP contribution in [0, 0.1) is 5.92 Å². The highest BCUT2D eigenvalue weighted by Crippen LogP contribution is 2.18. The van der Waals surface area contributed by atoms with Crippen LogP contribution in [0.2, 0.25) is 0 Å². The summed E-state index contributed by atoms with van der Waals surface area (Å²) in [5.41, 5.74) is 0.539. The zero-order chi connectivity index (χ0) is 21.1. The molecule has 0 aliphatic heterocycles. The molecule has 0 saturated carbocycles. The van der Waals surface area contributed by atoms with Crippen LogP contribution >= 0.6 is 11.8 Å². The minimum Gasteiger partial charge on any atom is -0.490 e. The summed E-state index contributed by atoms with van der Waals surface area (Å²) in [5, 5.41) is 12.5. The summed E-state index contributed by atoms with van der Waals surface area (Å²) in [4.78, 5) is 12.6. The zero-order valence-electron chi connectivity index (χ0n) is 17.8. The minimum atomic E-state index is -0.134. The van der Waals surface area contributed by atoms with Crippen LogP contribution in [0.25, 0.3) is 0 Å². The van der Waals surface area contributed by atoms with Gasteiger partial charge in [0.15, 0.2) is 5.16 Å². The lowest BCUT2D eigenvalue weighted by molar-refractivity contribution is 0.0936. The molecule has 1 N–H and O–H groups in total. The van der Waals surface area contributed by atoms with Crippen LogP contribution in [-0.4, -0.2) is 53.3 Å². The molecule has 2 rings (SSSR count). The number of thioether (sulfide) groups is 1. The molecule has 8 heteroatoms. The molecule has 0 radical (unpaired) electrons. The number of hydrogen-bond acceptors (Lipinski definition) is 6. The molecular weight excluding hydrogens is 388 g/mol. The minimum absolute atomic E-state index is 0.134. The smallest absolute Gasteiger partial charge is 0.255 e. The number of benzene rings is 1. The number of amides is 1. The molecule has 1 aromatic carbocycles. The lowest BCUT2D eigenvalue weighted by Crippen LogP contribution is -2.26. The van der Waals surface area contributed by atoms with E-state index in [0.29, 0.717) is 43.6 Å². The van der Waals surface area contributed by atoms with Crippen LogP contribution in [0.4, 0.5) is 0 Å². The lowest BCUT2D eigenvalue weighted by atomic mass is 10.2. The van der Waals surface area contributed by atoms with Gasteiger partial charge in [0.1, 0.15) is 18.2 Å². The number of nitrogens with one attached hydrogen (secondary N) is 1. The van der Waals surface area contributed by atoms with Crippen molar-refractivity contribution in [3.05, 3.63) is 35.7 Å². The van der Waals surface area contributed by atoms with Crippen LogP contribution in [0.1, 0.15) is 43.4 Å². The van der Waals surface area contributed by atoms with Crippen LogP contribution in [0.15, 0.2) is 29.4 Å². The standard InChI is InChI=1S/C21H32N4O3S/c1-5-27-13-14-28-18-10-7-6-9-17(18)20(26)22-12-8-11-19-23-24-21(29-4)25(19)15-16(2)3/h6-7,9-10,16H,5,8,11-15H2,1-4H3,(H,22,26). The fourth-order valence-corrected chi connectivity index (χ4v) is 3.40. The highest BCUT2D eigenvalue weighted by molar-refractivity contribution is 7.98. The summed E-state index contributed by atoms with van der Waals surface area (Å²) in [7, 11) is 0. The first-order chi connectivity index (χ1) is 14.1. The molecule has 0 saturated heterocycles. The first-order valence-corrected chi connectivity index (χ1v) is 11.3. The van der Waals surface area contributed by atoms with Crippen molar-refractivity contribution in [1.29, 1.82) is 0 Å². The van der Waals surface area contributed by atoms with E-state index in [4.69, 9.17) is 9.47 Å². The highest BCUT2D eigenvalue weighted by Gasteiger charge is 2.14. The van der Waals surface area contributed by atoms with E-state index in [-0.39, 0.29) is 5.91 Å². The van der Waals surface area contributed by atoms with Gasteiger partial charge in [-0.25, -0.2) is 0 Å². The number of nitrogens with zero attached hydrogens (tertiary/aromatic N) is 3. The number of ether oxygens (including phenoxy) is 2. The topological polar surface area (TPSA) is 78.3 Å². The maximum absolute atomic E-state index is 12.6. The maximum Gasteiger partial charge on any atom is 0.255 e. The monoisotopic (exact) mass is 420 g/mol. The molecular formula is C21H32N4O3S. The molecule has 2 aromatic rings. The maximum atomic E-state index is 12.6. The van der Waals surface area contributed by atoms with Crippen molar-refractivity contribution in [3.63, 3.8) is 0 Å². The van der Waals surface area contributed by atoms with Gasteiger partial charge in [-0.1, -0.05) is 37.7 Å². The highest BCUT2D eigenvalue weighted by atomic mass is 32.2. The van der Waals surface area contributed by atoms with Crippen molar-refractivity contribution < 1.29 is 14.3 Å². The van der Waals surface area contributed by atoms with E-state index in [0.717, 1.165) is 30.4 Å². The summed E-state index contributed by atoms with van der Waals surface area (Å²) in [6.45, 7) is 9.34. The third kappa shape index (κ3) is 7.36. The average molecular weight is 421 g/mol. The Morgan fingerprint density at radius 1 is 1.24 bits per heavy atom. The van der Waals surface area contributed by atoms with Crippen molar-refractivity contribution in [2.75, 3.05) is 32.6 Å². The first kappa shape index (κ1) is 23.2. The molecule has 1 amide bonds. The predicted octanol–water partition coefficient (Wildman–Crippen LogP) is 3.43. The van der Waals surface area contributed by atoms with Crippen molar-refractivity contribution in [2.24, 2.45) is 5.92 Å². The van der Waals surface area contributed by atoms with Gasteiger partial charge >= 0.3 is 0 Å². The summed E-state index contributed by atoms with van der Waals surface area (Å²) in [5.74, 6) is 1.93. The van der Waals surface area contributed by atoms with Gasteiger partial charge in [-0.3, -0.25) is 4.79 Å². The summed E-state index contributed by atoms with van der Waals surface area (Å²) < 4.78 is 13.2. The molecule has 1 aromatic heterocycles. The molecule has 0 fully saturated rings. The molecule has 0 atom stereocenters. The Kier molecular flexibility index (Phi) is 10.0. The zero-order valence-corrected chi connectivity index (χ0v) is 18.6. The Morgan fingerprint density at radius 2 is 2.03 bits per heavy atom. The molecule has 160 valence electrons. The predicted molar refractivity (Wildman–Crippen MR) is 116 cm³/mol. The summed E-state index contributed by atoms with van der Waals surface area (Å²) in [6.07, 6.45) is 3.58. The molecule has 7 nitrogen and oxygen atoms in total. The lowest BCUT2D eigenvalue weighted by Gasteiger charge is -2.13. The van der Waals surface area contributed by atoms with Gasteiger partial charge in [-0.05, 0) is 37.7 Å². The number of carbonyl (C=O) groups is 1. The van der Waals surface area contributed by atoms with Gasteiger partial charge in [-0.15, -0.1) is 10.2 Å². The second-order valence-electron chi connectivity index (χ2n) is 7.01. The van der Waals surface area contributed by atoms with Gasteiger partial charge in [-0.2, -0.15) is 0 Å². The molecule has 0 aliphatic carbocycles. The second-order valence-corrected chi connectivity index (χ2v) is 7.78. The third-order valence-corrected chi connectivity index (χ3v) is 4.87. The van der Waals surface area contributed by atoms with Crippen LogP contribution < -0.4 is 10.1 Å². The van der Waals surface area contributed by atoms with Gasteiger partial charge < -0.3 is 19.4 Å². The van der Waals surface area contributed by atoms with Gasteiger partial charge in [0.05, 0.1) is 12.2 Å². The number of aryl methyl sites for hydroxylation is 1. The Morgan fingerprint density at radius 3 is 2.76 bits per heavy atom. The largest absolute Gasteiger partial charge is 0.490 e. The fourth-order valence-electron chi connectivity index (χ4n) is 2.88. The van der Waals surface area contributed by atoms with Gasteiger partial charge in [0.25, 0.3) is 5.91 Å². The molecule has 0 spiro atoms. The Balaban J connectivity index is 1.86. The summed E-state index contributed by atoms with van der Waals surface area (Å²) >= 11 is 1.61. The Bertz CT molecular complexity index is 764. The van der Waals surface area contributed by atoms with Crippen molar-refractivity contribution in [1.82, 2.24) is 20.1 Å². The average Bonchev–Trinajstić information content (AvgIpc) is 3.09. The number of hydrogen-bond donors (Lipinski definition) is 1. The van der Waals surface area contributed by atoms with Crippen molar-refractivity contribution in [2.45, 2.75) is 45.3 Å². The van der Waals surface area contributed by atoms with Gasteiger partial charge in [0.2, 0.25) is 0 Å². The normalized spacial score (nSPS) is 11.1.